The van der Waals surface area contributed by atoms with Crippen LogP contribution in [-0.2, 0) is 7.05 Å². The lowest BCUT2D eigenvalue weighted by atomic mass is 10.3. The van der Waals surface area contributed by atoms with E-state index in [4.69, 9.17) is 4.74 Å². The van der Waals surface area contributed by atoms with Crippen LogP contribution < -0.4 is 20.7 Å². The summed E-state index contributed by atoms with van der Waals surface area (Å²) in [6.45, 7) is 2.89. The number of aromatic nitrogens is 5. The number of rotatable bonds is 8. The van der Waals surface area contributed by atoms with E-state index >= 15 is 0 Å². The van der Waals surface area contributed by atoms with Crippen LogP contribution in [0, 0.1) is 6.92 Å². The Morgan fingerprint density at radius 3 is 2.71 bits per heavy atom. The van der Waals surface area contributed by atoms with Crippen molar-refractivity contribution in [3.8, 4) is 5.88 Å². The number of nitrogens with one attached hydrogen (secondary N) is 3. The van der Waals surface area contributed by atoms with Gasteiger partial charge in [0.05, 0.1) is 7.11 Å². The van der Waals surface area contributed by atoms with Crippen LogP contribution >= 0.6 is 0 Å². The summed E-state index contributed by atoms with van der Waals surface area (Å²) in [5, 5.41) is 13.2. The summed E-state index contributed by atoms with van der Waals surface area (Å²) in [6.07, 6.45) is 4.81. The highest BCUT2D eigenvalue weighted by molar-refractivity contribution is 5.96. The number of nitrogens with zero attached hydrogens (tertiary/aromatic N) is 5. The zero-order chi connectivity index (χ0) is 19.9. The Bertz CT molecular complexity index is 956. The van der Waals surface area contributed by atoms with Crippen LogP contribution in [0.1, 0.15) is 15.9 Å². The Labute approximate surface area is 162 Å². The molecule has 146 valence electrons. The molecule has 3 aromatic rings. The number of hydrogen-bond donors (Lipinski definition) is 3. The molecule has 3 aromatic heterocycles. The Kier molecular flexibility index (Phi) is 6.00. The molecule has 28 heavy (non-hydrogen) atoms. The van der Waals surface area contributed by atoms with Gasteiger partial charge in [0.1, 0.15) is 29.3 Å². The summed E-state index contributed by atoms with van der Waals surface area (Å²) in [7, 11) is 3.21. The molecule has 1 amide bonds. The molecular weight excluding hydrogens is 360 g/mol. The normalized spacial score (nSPS) is 10.4. The van der Waals surface area contributed by atoms with E-state index in [1.807, 2.05) is 19.1 Å². The van der Waals surface area contributed by atoms with Crippen molar-refractivity contribution in [2.24, 2.45) is 7.05 Å². The molecule has 0 bridgehead atoms. The van der Waals surface area contributed by atoms with E-state index in [2.05, 4.69) is 36.0 Å². The highest BCUT2D eigenvalue weighted by atomic mass is 16.5. The molecule has 3 N–H and O–H groups in total. The number of carbonyl (C=O) groups is 1. The number of ether oxygens (including phenoxy) is 1. The maximum Gasteiger partial charge on any atom is 0.258 e. The van der Waals surface area contributed by atoms with Crippen LogP contribution in [0.2, 0.25) is 0 Å². The first-order valence-electron chi connectivity index (χ1n) is 8.66. The van der Waals surface area contributed by atoms with Crippen LogP contribution in [0.4, 0.5) is 17.5 Å². The molecule has 0 saturated carbocycles. The maximum absolute atomic E-state index is 12.2. The van der Waals surface area contributed by atoms with Crippen molar-refractivity contribution in [2.75, 3.05) is 30.8 Å². The fourth-order valence-electron chi connectivity index (χ4n) is 2.49. The topological polar surface area (TPSA) is 119 Å². The average molecular weight is 382 g/mol. The second kappa shape index (κ2) is 8.80. The Hall–Kier alpha value is -3.69. The molecule has 0 radical (unpaired) electrons. The van der Waals surface area contributed by atoms with Crippen molar-refractivity contribution in [2.45, 2.75) is 6.92 Å². The Morgan fingerprint density at radius 2 is 1.93 bits per heavy atom. The van der Waals surface area contributed by atoms with E-state index in [0.29, 0.717) is 42.0 Å². The van der Waals surface area contributed by atoms with E-state index < -0.39 is 0 Å². The summed E-state index contributed by atoms with van der Waals surface area (Å²) in [6, 6.07) is 5.63. The molecule has 0 aromatic carbocycles. The molecule has 0 unspecified atom stereocenters. The molecule has 0 spiro atoms. The van der Waals surface area contributed by atoms with Gasteiger partial charge in [0, 0.05) is 38.6 Å². The first-order valence-corrected chi connectivity index (χ1v) is 8.66. The van der Waals surface area contributed by atoms with Crippen molar-refractivity contribution in [3.05, 3.63) is 48.0 Å². The highest BCUT2D eigenvalue weighted by Crippen LogP contribution is 2.15. The van der Waals surface area contributed by atoms with Crippen molar-refractivity contribution in [3.63, 3.8) is 0 Å². The fourth-order valence-corrected chi connectivity index (χ4v) is 2.49. The van der Waals surface area contributed by atoms with Gasteiger partial charge in [-0.25, -0.2) is 15.0 Å². The number of amides is 1. The molecule has 0 atom stereocenters. The third kappa shape index (κ3) is 4.93. The van der Waals surface area contributed by atoms with Gasteiger partial charge in [0.25, 0.3) is 5.91 Å². The second-order valence-electron chi connectivity index (χ2n) is 6.04. The zero-order valence-electron chi connectivity index (χ0n) is 15.9. The van der Waals surface area contributed by atoms with Crippen LogP contribution in [0.25, 0.3) is 0 Å². The van der Waals surface area contributed by atoms with E-state index in [1.54, 1.807) is 25.5 Å². The van der Waals surface area contributed by atoms with Gasteiger partial charge in [-0.2, -0.15) is 0 Å². The molecule has 3 rings (SSSR count). The summed E-state index contributed by atoms with van der Waals surface area (Å²) in [4.78, 5) is 24.8. The summed E-state index contributed by atoms with van der Waals surface area (Å²) < 4.78 is 6.63. The van der Waals surface area contributed by atoms with Crippen LogP contribution in [0.3, 0.4) is 0 Å². The SMILES string of the molecule is COc1nn(C)cc1C(=O)NCCNc1cc(Nc2cc(C)ccn2)ncn1. The van der Waals surface area contributed by atoms with Crippen LogP contribution in [-0.4, -0.2) is 50.8 Å². The molecule has 0 fully saturated rings. The first-order chi connectivity index (χ1) is 13.5. The molecule has 0 aliphatic heterocycles. The average Bonchev–Trinajstić information content (AvgIpc) is 3.06. The number of hydrogen-bond acceptors (Lipinski definition) is 8. The lowest BCUT2D eigenvalue weighted by Crippen LogP contribution is -2.29. The zero-order valence-corrected chi connectivity index (χ0v) is 15.9. The smallest absolute Gasteiger partial charge is 0.258 e. The lowest BCUT2D eigenvalue weighted by Gasteiger charge is -2.09. The minimum absolute atomic E-state index is 0.248. The number of anilines is 3. The molecular formula is C18H22N8O2. The van der Waals surface area contributed by atoms with E-state index in [1.165, 1.54) is 18.1 Å². The van der Waals surface area contributed by atoms with Crippen LogP contribution in [0.5, 0.6) is 5.88 Å². The largest absolute Gasteiger partial charge is 0.479 e. The summed E-state index contributed by atoms with van der Waals surface area (Å²) in [5.41, 5.74) is 1.50. The third-order valence-electron chi connectivity index (χ3n) is 3.79. The monoisotopic (exact) mass is 382 g/mol. The van der Waals surface area contributed by atoms with Gasteiger partial charge in [0.2, 0.25) is 5.88 Å². The first kappa shape index (κ1) is 19.1. The number of aryl methyl sites for hydroxylation is 2. The van der Waals surface area contributed by atoms with Gasteiger partial charge in [-0.3, -0.25) is 9.48 Å². The maximum atomic E-state index is 12.2. The van der Waals surface area contributed by atoms with Crippen molar-refractivity contribution in [1.82, 2.24) is 30.0 Å². The minimum Gasteiger partial charge on any atom is -0.479 e. The van der Waals surface area contributed by atoms with E-state index in [-0.39, 0.29) is 5.91 Å². The van der Waals surface area contributed by atoms with E-state index in [0.717, 1.165) is 5.56 Å². The molecule has 0 aliphatic carbocycles. The lowest BCUT2D eigenvalue weighted by molar-refractivity contribution is 0.0952. The van der Waals surface area contributed by atoms with E-state index in [9.17, 15) is 4.79 Å². The molecule has 10 nitrogen and oxygen atoms in total. The van der Waals surface area contributed by atoms with Crippen LogP contribution in [0.15, 0.2) is 36.9 Å². The Balaban J connectivity index is 1.50. The van der Waals surface area contributed by atoms with Gasteiger partial charge in [-0.1, -0.05) is 0 Å². The predicted octanol–water partition coefficient (Wildman–Crippen LogP) is 1.51. The van der Waals surface area contributed by atoms with Gasteiger partial charge < -0.3 is 20.7 Å². The molecule has 3 heterocycles. The van der Waals surface area contributed by atoms with Gasteiger partial charge in [-0.05, 0) is 24.6 Å². The summed E-state index contributed by atoms with van der Waals surface area (Å²) in [5.74, 6) is 2.02. The Morgan fingerprint density at radius 1 is 1.14 bits per heavy atom. The number of pyridine rings is 1. The number of methoxy groups -OCH3 is 1. The van der Waals surface area contributed by atoms with Gasteiger partial charge in [0.15, 0.2) is 0 Å². The molecule has 10 heteroatoms. The van der Waals surface area contributed by atoms with Gasteiger partial charge in [-0.15, -0.1) is 5.10 Å². The molecule has 0 aliphatic rings. The number of carbonyl (C=O) groups excluding carboxylic acids is 1. The van der Waals surface area contributed by atoms with Gasteiger partial charge >= 0.3 is 0 Å². The second-order valence-corrected chi connectivity index (χ2v) is 6.04. The standard InChI is InChI=1S/C18H22N8O2/c1-12-4-5-19-15(8-12)24-16-9-14(22-11-23-16)20-6-7-21-17(27)13-10-26(2)25-18(13)28-3/h4-5,8-11H,6-7H2,1-3H3,(H,21,27)(H2,19,20,22,23,24). The highest BCUT2D eigenvalue weighted by Gasteiger charge is 2.15. The van der Waals surface area contributed by atoms with Crippen molar-refractivity contribution < 1.29 is 9.53 Å². The summed E-state index contributed by atoms with van der Waals surface area (Å²) >= 11 is 0. The minimum atomic E-state index is -0.248. The third-order valence-corrected chi connectivity index (χ3v) is 3.79. The van der Waals surface area contributed by atoms with Crippen molar-refractivity contribution in [1.29, 1.82) is 0 Å². The quantitative estimate of drug-likeness (QED) is 0.502. The fraction of sp³-hybridized carbons (Fsp3) is 0.278. The molecule has 0 saturated heterocycles. The predicted molar refractivity (Wildman–Crippen MR) is 105 cm³/mol. The van der Waals surface area contributed by atoms with Crippen molar-refractivity contribution >= 4 is 23.4 Å².